The fourth-order valence-corrected chi connectivity index (χ4v) is 3.29. The highest BCUT2D eigenvalue weighted by Crippen LogP contribution is 2.29. The summed E-state index contributed by atoms with van der Waals surface area (Å²) in [5.74, 6) is -1.43. The predicted molar refractivity (Wildman–Crippen MR) is 102 cm³/mol. The molecule has 1 amide bonds. The number of amides is 1. The van der Waals surface area contributed by atoms with Crippen LogP contribution in [-0.2, 0) is 11.0 Å². The average Bonchev–Trinajstić information content (AvgIpc) is 2.96. The Balaban J connectivity index is 1.61. The Kier molecular flexibility index (Phi) is 6.55. The summed E-state index contributed by atoms with van der Waals surface area (Å²) in [6.45, 7) is 3.73. The molecule has 0 bridgehead atoms. The van der Waals surface area contributed by atoms with Crippen LogP contribution in [0.2, 0.25) is 0 Å². The van der Waals surface area contributed by atoms with Gasteiger partial charge in [-0.25, -0.2) is 13.8 Å². The van der Waals surface area contributed by atoms with Gasteiger partial charge in [-0.15, -0.1) is 0 Å². The van der Waals surface area contributed by atoms with E-state index < -0.39 is 35.3 Å². The van der Waals surface area contributed by atoms with Gasteiger partial charge in [0.25, 0.3) is 0 Å². The zero-order chi connectivity index (χ0) is 21.9. The number of hydrogen-bond donors (Lipinski definition) is 1. The summed E-state index contributed by atoms with van der Waals surface area (Å²) in [4.78, 5) is 20.2. The lowest BCUT2D eigenvalue weighted by Crippen LogP contribution is -2.44. The monoisotopic (exact) mass is 428 g/mol. The lowest BCUT2D eigenvalue weighted by atomic mass is 10.2. The Morgan fingerprint density at radius 3 is 2.53 bits per heavy atom. The van der Waals surface area contributed by atoms with Crippen molar-refractivity contribution in [3.05, 3.63) is 53.7 Å². The largest absolute Gasteiger partial charge is 0.417 e. The van der Waals surface area contributed by atoms with E-state index in [1.165, 1.54) is 6.07 Å². The molecule has 1 saturated heterocycles. The SMILES string of the molecule is CC(C(=O)Nc1cc(F)ccc1F)N1CCCN(c2ccc(C(F)(F)F)cn2)CC1. The van der Waals surface area contributed by atoms with Crippen LogP contribution in [0.25, 0.3) is 0 Å². The molecule has 1 aliphatic rings. The molecule has 5 nitrogen and oxygen atoms in total. The quantitative estimate of drug-likeness (QED) is 0.751. The van der Waals surface area contributed by atoms with E-state index in [4.69, 9.17) is 0 Å². The molecule has 3 rings (SSSR count). The van der Waals surface area contributed by atoms with Gasteiger partial charge >= 0.3 is 6.18 Å². The molecule has 0 radical (unpaired) electrons. The van der Waals surface area contributed by atoms with Crippen molar-refractivity contribution in [3.8, 4) is 0 Å². The van der Waals surface area contributed by atoms with Crippen LogP contribution in [-0.4, -0.2) is 48.0 Å². The van der Waals surface area contributed by atoms with Crippen LogP contribution in [0.4, 0.5) is 33.5 Å². The van der Waals surface area contributed by atoms with Gasteiger partial charge in [0.2, 0.25) is 5.91 Å². The summed E-state index contributed by atoms with van der Waals surface area (Å²) in [5, 5.41) is 2.40. The molecular weight excluding hydrogens is 407 g/mol. The molecule has 1 aliphatic heterocycles. The third kappa shape index (κ3) is 5.24. The van der Waals surface area contributed by atoms with Crippen LogP contribution in [0.3, 0.4) is 0 Å². The second kappa shape index (κ2) is 8.95. The minimum absolute atomic E-state index is 0.225. The number of anilines is 2. The van der Waals surface area contributed by atoms with Crippen molar-refractivity contribution in [3.63, 3.8) is 0 Å². The van der Waals surface area contributed by atoms with Crippen molar-refractivity contribution in [2.45, 2.75) is 25.6 Å². The van der Waals surface area contributed by atoms with Crippen LogP contribution >= 0.6 is 0 Å². The summed E-state index contributed by atoms with van der Waals surface area (Å²) in [7, 11) is 0. The van der Waals surface area contributed by atoms with E-state index in [1.807, 2.05) is 9.80 Å². The minimum atomic E-state index is -4.44. The maximum absolute atomic E-state index is 13.8. The molecule has 0 aliphatic carbocycles. The molecule has 1 unspecified atom stereocenters. The Morgan fingerprint density at radius 1 is 1.10 bits per heavy atom. The van der Waals surface area contributed by atoms with Crippen molar-refractivity contribution in [1.82, 2.24) is 9.88 Å². The zero-order valence-corrected chi connectivity index (χ0v) is 16.2. The average molecular weight is 428 g/mol. The van der Waals surface area contributed by atoms with E-state index in [0.29, 0.717) is 38.4 Å². The molecule has 0 saturated carbocycles. The Labute approximate surface area is 170 Å². The van der Waals surface area contributed by atoms with Gasteiger partial charge in [-0.05, 0) is 37.6 Å². The summed E-state index contributed by atoms with van der Waals surface area (Å²) in [5.41, 5.74) is -1.03. The van der Waals surface area contributed by atoms with Crippen LogP contribution < -0.4 is 10.2 Å². The zero-order valence-electron chi connectivity index (χ0n) is 16.2. The van der Waals surface area contributed by atoms with E-state index in [9.17, 15) is 26.7 Å². The van der Waals surface area contributed by atoms with E-state index in [-0.39, 0.29) is 5.69 Å². The van der Waals surface area contributed by atoms with Crippen molar-refractivity contribution in [2.75, 3.05) is 36.4 Å². The highest BCUT2D eigenvalue weighted by Gasteiger charge is 2.31. The number of pyridine rings is 1. The second-order valence-electron chi connectivity index (χ2n) is 7.07. The van der Waals surface area contributed by atoms with E-state index in [2.05, 4.69) is 10.3 Å². The second-order valence-corrected chi connectivity index (χ2v) is 7.07. The first kappa shape index (κ1) is 21.9. The van der Waals surface area contributed by atoms with Gasteiger partial charge < -0.3 is 10.2 Å². The predicted octanol–water partition coefficient (Wildman–Crippen LogP) is 3.92. The Hall–Kier alpha value is -2.75. The van der Waals surface area contributed by atoms with Crippen molar-refractivity contribution >= 4 is 17.4 Å². The first-order chi connectivity index (χ1) is 14.1. The van der Waals surface area contributed by atoms with Crippen molar-refractivity contribution in [1.29, 1.82) is 0 Å². The number of carbonyl (C=O) groups is 1. The normalized spacial score (nSPS) is 16.8. The maximum atomic E-state index is 13.8. The molecule has 1 aromatic heterocycles. The highest BCUT2D eigenvalue weighted by molar-refractivity contribution is 5.94. The lowest BCUT2D eigenvalue weighted by molar-refractivity contribution is -0.137. The van der Waals surface area contributed by atoms with E-state index >= 15 is 0 Å². The van der Waals surface area contributed by atoms with E-state index in [1.54, 1.807) is 6.92 Å². The van der Waals surface area contributed by atoms with Crippen LogP contribution in [0.15, 0.2) is 36.5 Å². The summed E-state index contributed by atoms with van der Waals surface area (Å²) >= 11 is 0. The molecule has 30 heavy (non-hydrogen) atoms. The molecule has 162 valence electrons. The van der Waals surface area contributed by atoms with Crippen LogP contribution in [0.1, 0.15) is 18.9 Å². The molecule has 0 spiro atoms. The summed E-state index contributed by atoms with van der Waals surface area (Å²) in [6.07, 6.45) is -2.97. The molecule has 1 N–H and O–H groups in total. The van der Waals surface area contributed by atoms with Gasteiger partial charge in [0.1, 0.15) is 17.5 Å². The molecular formula is C20H21F5N4O. The van der Waals surface area contributed by atoms with Gasteiger partial charge in [-0.3, -0.25) is 9.69 Å². The van der Waals surface area contributed by atoms with Crippen molar-refractivity contribution < 1.29 is 26.7 Å². The molecule has 1 fully saturated rings. The molecule has 1 atom stereocenters. The van der Waals surface area contributed by atoms with Gasteiger partial charge in [0.05, 0.1) is 17.3 Å². The fraction of sp³-hybridized carbons (Fsp3) is 0.400. The summed E-state index contributed by atoms with van der Waals surface area (Å²) in [6, 6.07) is 4.55. The third-order valence-electron chi connectivity index (χ3n) is 5.04. The standard InChI is InChI=1S/C20H21F5N4O/c1-13(19(30)27-17-11-15(21)4-5-16(17)22)28-7-2-8-29(10-9-28)18-6-3-14(12-26-18)20(23,24)25/h3-6,11-13H,2,7-10H2,1H3,(H,27,30). The van der Waals surface area contributed by atoms with Gasteiger partial charge in [0, 0.05) is 38.4 Å². The maximum Gasteiger partial charge on any atom is 0.417 e. The number of alkyl halides is 3. The smallest absolute Gasteiger partial charge is 0.355 e. The number of hydrogen-bond acceptors (Lipinski definition) is 4. The molecule has 1 aromatic carbocycles. The van der Waals surface area contributed by atoms with Gasteiger partial charge in [0.15, 0.2) is 0 Å². The first-order valence-corrected chi connectivity index (χ1v) is 9.43. The van der Waals surface area contributed by atoms with Crippen LogP contribution in [0.5, 0.6) is 0 Å². The number of nitrogens with zero attached hydrogens (tertiary/aromatic N) is 3. The van der Waals surface area contributed by atoms with Gasteiger partial charge in [-0.2, -0.15) is 13.2 Å². The number of rotatable bonds is 4. The Bertz CT molecular complexity index is 888. The first-order valence-electron chi connectivity index (χ1n) is 9.43. The topological polar surface area (TPSA) is 48.5 Å². The van der Waals surface area contributed by atoms with E-state index in [0.717, 1.165) is 30.5 Å². The highest BCUT2D eigenvalue weighted by atomic mass is 19.4. The number of halogens is 5. The van der Waals surface area contributed by atoms with Crippen molar-refractivity contribution in [2.24, 2.45) is 0 Å². The number of nitrogens with one attached hydrogen (secondary N) is 1. The molecule has 2 heterocycles. The number of carbonyl (C=O) groups excluding carboxylic acids is 1. The third-order valence-corrected chi connectivity index (χ3v) is 5.04. The summed E-state index contributed by atoms with van der Waals surface area (Å²) < 4.78 is 65.2. The molecule has 10 heteroatoms. The fourth-order valence-electron chi connectivity index (χ4n) is 3.29. The lowest BCUT2D eigenvalue weighted by Gasteiger charge is -2.27. The number of benzene rings is 1. The van der Waals surface area contributed by atoms with Crippen LogP contribution in [0, 0.1) is 11.6 Å². The molecule has 2 aromatic rings. The minimum Gasteiger partial charge on any atom is -0.355 e. The number of aromatic nitrogens is 1. The van der Waals surface area contributed by atoms with Gasteiger partial charge in [-0.1, -0.05) is 0 Å². The Morgan fingerprint density at radius 2 is 1.87 bits per heavy atom.